The van der Waals surface area contributed by atoms with Gasteiger partial charge in [-0.25, -0.2) is 4.79 Å². The van der Waals surface area contributed by atoms with E-state index < -0.39 is 0 Å². The van der Waals surface area contributed by atoms with Gasteiger partial charge >= 0.3 is 5.97 Å². The van der Waals surface area contributed by atoms with Gasteiger partial charge in [0.1, 0.15) is 12.7 Å². The third-order valence-corrected chi connectivity index (χ3v) is 5.15. The Morgan fingerprint density at radius 2 is 1.84 bits per heavy atom. The lowest BCUT2D eigenvalue weighted by Crippen LogP contribution is -2.18. The summed E-state index contributed by atoms with van der Waals surface area (Å²) in [5.74, 6) is -0.279. The van der Waals surface area contributed by atoms with Crippen LogP contribution in [0.25, 0.3) is 0 Å². The largest absolute Gasteiger partial charge is 0.459 e. The molecule has 31 heavy (non-hydrogen) atoms. The number of rotatable bonds is 3. The van der Waals surface area contributed by atoms with Crippen LogP contribution in [0, 0.1) is 13.8 Å². The number of ether oxygens (including phenoxy) is 1. The van der Waals surface area contributed by atoms with Crippen LogP contribution in [0.1, 0.15) is 58.8 Å². The lowest BCUT2D eigenvalue weighted by molar-refractivity contribution is 0.0346. The van der Waals surface area contributed by atoms with Gasteiger partial charge in [-0.05, 0) is 56.4 Å². The second kappa shape index (κ2) is 11.3. The van der Waals surface area contributed by atoms with Crippen LogP contribution in [-0.2, 0) is 22.6 Å². The number of hydrogen-bond acceptors (Lipinski definition) is 4. The lowest BCUT2D eigenvalue weighted by Gasteiger charge is -2.17. The van der Waals surface area contributed by atoms with Crippen LogP contribution in [0.15, 0.2) is 71.9 Å². The number of benzene rings is 2. The second-order valence-corrected chi connectivity index (χ2v) is 8.04. The molecule has 0 radical (unpaired) electrons. The molecule has 1 aliphatic heterocycles. The third kappa shape index (κ3) is 6.95. The first kappa shape index (κ1) is 22.5. The van der Waals surface area contributed by atoms with Crippen molar-refractivity contribution < 1.29 is 14.4 Å². The van der Waals surface area contributed by atoms with Gasteiger partial charge in [0.2, 0.25) is 0 Å². The molecule has 0 spiro atoms. The van der Waals surface area contributed by atoms with Crippen molar-refractivity contribution >= 4 is 11.7 Å². The van der Waals surface area contributed by atoms with Crippen LogP contribution in [0.4, 0.5) is 0 Å². The fourth-order valence-corrected chi connectivity index (χ4v) is 3.68. The van der Waals surface area contributed by atoms with Crippen molar-refractivity contribution in [1.29, 1.82) is 0 Å². The van der Waals surface area contributed by atoms with Crippen molar-refractivity contribution in [3.05, 3.63) is 94.6 Å². The molecule has 0 bridgehead atoms. The molecule has 0 saturated heterocycles. The Morgan fingerprint density at radius 3 is 2.65 bits per heavy atom. The molecular weight excluding hydrogens is 386 g/mol. The van der Waals surface area contributed by atoms with Gasteiger partial charge in [0.05, 0.1) is 11.3 Å². The standard InChI is InChI=1S/C27H31NO3/c1-20-16-21(2)26-24(17-20)18-25(28-30-19-23-13-9-7-10-14-23)15-11-6-4-5-8-12-22(3)31-27(26)29/h5,7-11,13-17,22H,4,6,12,18-19H2,1-3H3/b8-5+,15-11+,28-25?/t22-/m1/s1. The van der Waals surface area contributed by atoms with Crippen LogP contribution in [0.5, 0.6) is 0 Å². The topological polar surface area (TPSA) is 47.9 Å². The van der Waals surface area contributed by atoms with Crippen molar-refractivity contribution in [1.82, 2.24) is 0 Å². The van der Waals surface area contributed by atoms with Crippen LogP contribution in [0.3, 0.4) is 0 Å². The monoisotopic (exact) mass is 417 g/mol. The Morgan fingerprint density at radius 1 is 1.06 bits per heavy atom. The summed E-state index contributed by atoms with van der Waals surface area (Å²) in [6, 6.07) is 14.0. The highest BCUT2D eigenvalue weighted by atomic mass is 16.6. The minimum Gasteiger partial charge on any atom is -0.459 e. The number of esters is 1. The molecule has 162 valence electrons. The van der Waals surface area contributed by atoms with Crippen molar-refractivity contribution in [2.45, 2.75) is 59.2 Å². The first-order valence-electron chi connectivity index (χ1n) is 10.9. The van der Waals surface area contributed by atoms with E-state index in [0.717, 1.165) is 47.2 Å². The molecule has 0 aromatic heterocycles. The molecule has 4 heteroatoms. The molecule has 0 saturated carbocycles. The van der Waals surface area contributed by atoms with Crippen LogP contribution >= 0.6 is 0 Å². The van der Waals surface area contributed by atoms with E-state index in [-0.39, 0.29) is 12.1 Å². The summed E-state index contributed by atoms with van der Waals surface area (Å²) < 4.78 is 5.74. The average molecular weight is 418 g/mol. The van der Waals surface area contributed by atoms with Gasteiger partial charge in [-0.2, -0.15) is 0 Å². The molecule has 4 nitrogen and oxygen atoms in total. The van der Waals surface area contributed by atoms with Crippen LogP contribution < -0.4 is 0 Å². The van der Waals surface area contributed by atoms with Gasteiger partial charge < -0.3 is 9.57 Å². The summed E-state index contributed by atoms with van der Waals surface area (Å²) in [6.07, 6.45) is 11.2. The molecule has 2 aromatic rings. The van der Waals surface area contributed by atoms with E-state index in [9.17, 15) is 4.79 Å². The zero-order chi connectivity index (χ0) is 22.1. The number of carbonyl (C=O) groups excluding carboxylic acids is 1. The van der Waals surface area contributed by atoms with E-state index in [1.807, 2.05) is 69.3 Å². The molecule has 1 heterocycles. The molecule has 0 amide bonds. The predicted molar refractivity (Wildman–Crippen MR) is 125 cm³/mol. The lowest BCUT2D eigenvalue weighted by atomic mass is 9.95. The van der Waals surface area contributed by atoms with Crippen molar-refractivity contribution in [3.63, 3.8) is 0 Å². The number of cyclic esters (lactones) is 1. The summed E-state index contributed by atoms with van der Waals surface area (Å²) >= 11 is 0. The smallest absolute Gasteiger partial charge is 0.338 e. The number of allylic oxidation sites excluding steroid dienone is 3. The SMILES string of the molecule is Cc1cc(C)c2c(c1)CC(=NOCc1ccccc1)/C=C/CC/C=C/C[C@@H](C)OC2=O. The van der Waals surface area contributed by atoms with Gasteiger partial charge in [0, 0.05) is 12.8 Å². The molecule has 3 rings (SSSR count). The zero-order valence-electron chi connectivity index (χ0n) is 18.6. The van der Waals surface area contributed by atoms with Crippen molar-refractivity contribution in [3.8, 4) is 0 Å². The minimum absolute atomic E-state index is 0.168. The maximum atomic E-state index is 13.0. The van der Waals surface area contributed by atoms with E-state index in [1.54, 1.807) is 0 Å². The fourth-order valence-electron chi connectivity index (χ4n) is 3.68. The Bertz CT molecular complexity index is 973. The first-order chi connectivity index (χ1) is 15.0. The number of nitrogens with zero attached hydrogens (tertiary/aromatic N) is 1. The first-order valence-corrected chi connectivity index (χ1v) is 10.9. The highest BCUT2D eigenvalue weighted by Gasteiger charge is 2.20. The number of hydrogen-bond donors (Lipinski definition) is 0. The normalized spacial score (nSPS) is 20.9. The van der Waals surface area contributed by atoms with Crippen molar-refractivity contribution in [2.75, 3.05) is 0 Å². The average Bonchev–Trinajstić information content (AvgIpc) is 2.72. The quantitative estimate of drug-likeness (QED) is 0.336. The summed E-state index contributed by atoms with van der Waals surface area (Å²) in [5.41, 5.74) is 5.41. The van der Waals surface area contributed by atoms with E-state index in [0.29, 0.717) is 18.6 Å². The Hall–Kier alpha value is -3.14. The molecule has 0 N–H and O–H groups in total. The molecule has 2 aromatic carbocycles. The summed E-state index contributed by atoms with van der Waals surface area (Å²) in [4.78, 5) is 18.6. The maximum absolute atomic E-state index is 13.0. The van der Waals surface area contributed by atoms with E-state index in [2.05, 4.69) is 23.4 Å². The zero-order valence-corrected chi connectivity index (χ0v) is 18.6. The summed E-state index contributed by atoms with van der Waals surface area (Å²) in [5, 5.41) is 4.41. The van der Waals surface area contributed by atoms with Gasteiger partial charge in [0.25, 0.3) is 0 Å². The Labute approximate surface area is 185 Å². The fraction of sp³-hybridized carbons (Fsp3) is 0.333. The number of oxime groups is 1. The third-order valence-electron chi connectivity index (χ3n) is 5.15. The summed E-state index contributed by atoms with van der Waals surface area (Å²) in [7, 11) is 0. The summed E-state index contributed by atoms with van der Waals surface area (Å²) in [6.45, 7) is 6.33. The molecule has 0 unspecified atom stereocenters. The molecule has 1 aliphatic rings. The van der Waals surface area contributed by atoms with Crippen LogP contribution in [0.2, 0.25) is 0 Å². The molecular formula is C27H31NO3. The Balaban J connectivity index is 1.91. The van der Waals surface area contributed by atoms with E-state index >= 15 is 0 Å². The van der Waals surface area contributed by atoms with Crippen LogP contribution in [-0.4, -0.2) is 17.8 Å². The van der Waals surface area contributed by atoms with E-state index in [1.165, 1.54) is 0 Å². The highest BCUT2D eigenvalue weighted by Crippen LogP contribution is 2.21. The number of aryl methyl sites for hydroxylation is 2. The van der Waals surface area contributed by atoms with Gasteiger partial charge in [-0.3, -0.25) is 0 Å². The highest BCUT2D eigenvalue weighted by molar-refractivity contribution is 5.99. The van der Waals surface area contributed by atoms with E-state index in [4.69, 9.17) is 9.57 Å². The molecule has 0 fully saturated rings. The number of fused-ring (bicyclic) bond motifs is 1. The predicted octanol–water partition coefficient (Wildman–Crippen LogP) is 6.26. The second-order valence-electron chi connectivity index (χ2n) is 8.04. The van der Waals surface area contributed by atoms with Gasteiger partial charge in [0.15, 0.2) is 0 Å². The minimum atomic E-state index is -0.279. The van der Waals surface area contributed by atoms with Crippen molar-refractivity contribution in [2.24, 2.45) is 5.16 Å². The van der Waals surface area contributed by atoms with Gasteiger partial charge in [-0.1, -0.05) is 71.4 Å². The number of carbonyl (C=O) groups is 1. The molecule has 0 aliphatic carbocycles. The maximum Gasteiger partial charge on any atom is 0.338 e. The molecule has 1 atom stereocenters. The van der Waals surface area contributed by atoms with Gasteiger partial charge in [-0.15, -0.1) is 0 Å². The Kier molecular flexibility index (Phi) is 8.22.